The van der Waals surface area contributed by atoms with Gasteiger partial charge in [0, 0.05) is 5.92 Å². The van der Waals surface area contributed by atoms with E-state index in [2.05, 4.69) is 26.5 Å². The van der Waals surface area contributed by atoms with Crippen LogP contribution in [0.3, 0.4) is 0 Å². The summed E-state index contributed by atoms with van der Waals surface area (Å²) >= 11 is 5.04. The Hall–Kier alpha value is -0.680. The number of rotatable bonds is 3. The standard InChI is InChI=1S/C13H17BrN2OS/c1-9(11-7-8-12(14)18-11)15-16-13(17)10-5-3-2-4-6-10/h7-8,10H,2-6H2,1H3,(H,16,17)/b15-9-. The third-order valence-electron chi connectivity index (χ3n) is 3.24. The number of nitrogens with one attached hydrogen (secondary N) is 1. The minimum atomic E-state index is 0.0738. The van der Waals surface area contributed by atoms with Crippen molar-refractivity contribution in [3.8, 4) is 0 Å². The van der Waals surface area contributed by atoms with Gasteiger partial charge in [-0.15, -0.1) is 11.3 Å². The Morgan fingerprint density at radius 1 is 1.39 bits per heavy atom. The Labute approximate surface area is 120 Å². The van der Waals surface area contributed by atoms with Gasteiger partial charge in [-0.2, -0.15) is 5.10 Å². The highest BCUT2D eigenvalue weighted by Gasteiger charge is 2.20. The van der Waals surface area contributed by atoms with Crippen LogP contribution in [0.5, 0.6) is 0 Å². The lowest BCUT2D eigenvalue weighted by molar-refractivity contribution is -0.125. The molecule has 0 bridgehead atoms. The molecule has 1 saturated carbocycles. The van der Waals surface area contributed by atoms with E-state index in [1.165, 1.54) is 19.3 Å². The van der Waals surface area contributed by atoms with Crippen molar-refractivity contribution in [2.75, 3.05) is 0 Å². The number of carbonyl (C=O) groups excluding carboxylic acids is 1. The van der Waals surface area contributed by atoms with E-state index in [0.29, 0.717) is 0 Å². The summed E-state index contributed by atoms with van der Waals surface area (Å²) in [7, 11) is 0. The topological polar surface area (TPSA) is 41.5 Å². The van der Waals surface area contributed by atoms with Gasteiger partial charge >= 0.3 is 0 Å². The summed E-state index contributed by atoms with van der Waals surface area (Å²) < 4.78 is 1.07. The van der Waals surface area contributed by atoms with Gasteiger partial charge in [0.05, 0.1) is 14.4 Å². The fourth-order valence-corrected chi connectivity index (χ4v) is 3.49. The number of hydrogen-bond donors (Lipinski definition) is 1. The number of thiophene rings is 1. The van der Waals surface area contributed by atoms with E-state index in [9.17, 15) is 4.79 Å². The summed E-state index contributed by atoms with van der Waals surface area (Å²) in [6.45, 7) is 1.92. The predicted octanol–water partition coefficient (Wildman–Crippen LogP) is 3.93. The second-order valence-corrected chi connectivity index (χ2v) is 7.07. The van der Waals surface area contributed by atoms with E-state index >= 15 is 0 Å². The monoisotopic (exact) mass is 328 g/mol. The van der Waals surface area contributed by atoms with Crippen molar-refractivity contribution in [1.29, 1.82) is 0 Å². The number of halogens is 1. The van der Waals surface area contributed by atoms with Crippen molar-refractivity contribution < 1.29 is 4.79 Å². The van der Waals surface area contributed by atoms with Gasteiger partial charge in [-0.25, -0.2) is 5.43 Å². The van der Waals surface area contributed by atoms with Crippen LogP contribution in [0.4, 0.5) is 0 Å². The van der Waals surface area contributed by atoms with Crippen LogP contribution in [0.2, 0.25) is 0 Å². The number of carbonyl (C=O) groups is 1. The van der Waals surface area contributed by atoms with Gasteiger partial charge in [-0.1, -0.05) is 19.3 Å². The molecule has 5 heteroatoms. The van der Waals surface area contributed by atoms with Crippen molar-refractivity contribution in [2.24, 2.45) is 11.0 Å². The first-order chi connectivity index (χ1) is 8.66. The highest BCUT2D eigenvalue weighted by atomic mass is 79.9. The van der Waals surface area contributed by atoms with Crippen LogP contribution >= 0.6 is 27.3 Å². The maximum absolute atomic E-state index is 11.9. The number of amides is 1. The molecule has 0 aromatic carbocycles. The zero-order valence-corrected chi connectivity index (χ0v) is 12.8. The van der Waals surface area contributed by atoms with Gasteiger partial charge in [-0.3, -0.25) is 4.79 Å². The molecular formula is C13H17BrN2OS. The molecule has 0 saturated heterocycles. The van der Waals surface area contributed by atoms with Crippen LogP contribution in [0, 0.1) is 5.92 Å². The molecule has 1 heterocycles. The first kappa shape index (κ1) is 13.7. The molecule has 98 valence electrons. The number of hydrogen-bond acceptors (Lipinski definition) is 3. The molecule has 0 spiro atoms. The fourth-order valence-electron chi connectivity index (χ4n) is 2.16. The van der Waals surface area contributed by atoms with E-state index in [1.54, 1.807) is 11.3 Å². The van der Waals surface area contributed by atoms with Crippen molar-refractivity contribution in [1.82, 2.24) is 5.43 Å². The molecule has 1 N–H and O–H groups in total. The van der Waals surface area contributed by atoms with Crippen LogP contribution in [0.15, 0.2) is 21.0 Å². The molecular weight excluding hydrogens is 312 g/mol. The molecule has 1 aromatic heterocycles. The van der Waals surface area contributed by atoms with Crippen LogP contribution in [-0.2, 0) is 4.79 Å². The SMILES string of the molecule is C/C(=N/NC(=O)C1CCCCC1)c1ccc(Br)s1. The van der Waals surface area contributed by atoms with Crippen LogP contribution in [-0.4, -0.2) is 11.6 Å². The third-order valence-corrected chi connectivity index (χ3v) is 4.97. The van der Waals surface area contributed by atoms with Crippen molar-refractivity contribution >= 4 is 38.9 Å². The normalized spacial score (nSPS) is 17.8. The van der Waals surface area contributed by atoms with E-state index in [1.807, 2.05) is 19.1 Å². The molecule has 1 amide bonds. The van der Waals surface area contributed by atoms with E-state index < -0.39 is 0 Å². The largest absolute Gasteiger partial charge is 0.273 e. The zero-order valence-electron chi connectivity index (χ0n) is 10.4. The molecule has 1 aromatic rings. The molecule has 1 aliphatic carbocycles. The van der Waals surface area contributed by atoms with Crippen LogP contribution in [0.1, 0.15) is 43.9 Å². The second-order valence-electron chi connectivity index (χ2n) is 4.61. The molecule has 2 rings (SSSR count). The summed E-state index contributed by atoms with van der Waals surface area (Å²) in [6.07, 6.45) is 5.60. The van der Waals surface area contributed by atoms with Crippen LogP contribution < -0.4 is 5.43 Å². The molecule has 0 atom stereocenters. The molecule has 1 fully saturated rings. The van der Waals surface area contributed by atoms with Crippen LogP contribution in [0.25, 0.3) is 0 Å². The molecule has 0 aliphatic heterocycles. The summed E-state index contributed by atoms with van der Waals surface area (Å²) in [6, 6.07) is 3.99. The molecule has 1 aliphatic rings. The maximum atomic E-state index is 11.9. The van der Waals surface area contributed by atoms with E-state index in [-0.39, 0.29) is 11.8 Å². The Bertz CT molecular complexity index is 450. The predicted molar refractivity (Wildman–Crippen MR) is 78.9 cm³/mol. The number of nitrogens with zero attached hydrogens (tertiary/aromatic N) is 1. The van der Waals surface area contributed by atoms with E-state index in [4.69, 9.17) is 0 Å². The zero-order chi connectivity index (χ0) is 13.0. The van der Waals surface area contributed by atoms with Crippen molar-refractivity contribution in [3.05, 3.63) is 20.8 Å². The third kappa shape index (κ3) is 3.65. The Kier molecular flexibility index (Phi) is 4.95. The van der Waals surface area contributed by atoms with Crippen molar-refractivity contribution in [3.63, 3.8) is 0 Å². The molecule has 0 unspecified atom stereocenters. The lowest BCUT2D eigenvalue weighted by Gasteiger charge is -2.19. The van der Waals surface area contributed by atoms with Gasteiger partial charge in [-0.05, 0) is 47.8 Å². The summed E-state index contributed by atoms with van der Waals surface area (Å²) in [5, 5.41) is 4.19. The first-order valence-electron chi connectivity index (χ1n) is 6.26. The van der Waals surface area contributed by atoms with Gasteiger partial charge in [0.2, 0.25) is 5.91 Å². The van der Waals surface area contributed by atoms with Gasteiger partial charge in [0.1, 0.15) is 0 Å². The highest BCUT2D eigenvalue weighted by molar-refractivity contribution is 9.11. The van der Waals surface area contributed by atoms with Crippen molar-refractivity contribution in [2.45, 2.75) is 39.0 Å². The summed E-state index contributed by atoms with van der Waals surface area (Å²) in [4.78, 5) is 13.0. The minimum absolute atomic E-state index is 0.0738. The van der Waals surface area contributed by atoms with E-state index in [0.717, 1.165) is 27.2 Å². The second kappa shape index (κ2) is 6.48. The fraction of sp³-hybridized carbons (Fsp3) is 0.538. The lowest BCUT2D eigenvalue weighted by atomic mass is 9.89. The smallest absolute Gasteiger partial charge is 0.243 e. The highest BCUT2D eigenvalue weighted by Crippen LogP contribution is 2.24. The Balaban J connectivity index is 1.91. The first-order valence-corrected chi connectivity index (χ1v) is 7.87. The number of hydrazone groups is 1. The molecule has 0 radical (unpaired) electrons. The molecule has 3 nitrogen and oxygen atoms in total. The molecule has 18 heavy (non-hydrogen) atoms. The minimum Gasteiger partial charge on any atom is -0.273 e. The average molecular weight is 329 g/mol. The summed E-state index contributed by atoms with van der Waals surface area (Å²) in [5.41, 5.74) is 3.56. The Morgan fingerprint density at radius 3 is 2.72 bits per heavy atom. The van der Waals surface area contributed by atoms with Gasteiger partial charge in [0.15, 0.2) is 0 Å². The summed E-state index contributed by atoms with van der Waals surface area (Å²) in [5.74, 6) is 0.232. The maximum Gasteiger partial charge on any atom is 0.243 e. The average Bonchev–Trinajstić information content (AvgIpc) is 2.83. The van der Waals surface area contributed by atoms with Gasteiger partial charge < -0.3 is 0 Å². The lowest BCUT2D eigenvalue weighted by Crippen LogP contribution is -2.29. The quantitative estimate of drug-likeness (QED) is 0.662. The Morgan fingerprint density at radius 2 is 2.11 bits per heavy atom. The van der Waals surface area contributed by atoms with Gasteiger partial charge in [0.25, 0.3) is 0 Å².